The van der Waals surface area contributed by atoms with Gasteiger partial charge in [0.05, 0.1) is 24.7 Å². The maximum absolute atomic E-state index is 11.8. The molecule has 1 N–H and O–H groups in total. The van der Waals surface area contributed by atoms with Crippen LogP contribution in [-0.4, -0.2) is 49.6 Å². The standard InChI is InChI=1S/C20H25BN4O2/c1-14(2)13-27-20(26)23-15-7-9-25(10-8-15)19-12-22-11-18(24-19)16-5-3-4-6-17(16)21/h3-6,11-12,14-15H,7-10,13H2,1-2H3,(H,23,26). The molecule has 1 aliphatic rings. The Kier molecular flexibility index (Phi) is 6.32. The second-order valence-electron chi connectivity index (χ2n) is 7.25. The lowest BCUT2D eigenvalue weighted by Crippen LogP contribution is -2.45. The van der Waals surface area contributed by atoms with Gasteiger partial charge < -0.3 is 15.0 Å². The molecule has 1 amide bonds. The quantitative estimate of drug-likeness (QED) is 0.825. The fraction of sp³-hybridized carbons (Fsp3) is 0.450. The van der Waals surface area contributed by atoms with Gasteiger partial charge in [-0.1, -0.05) is 43.6 Å². The largest absolute Gasteiger partial charge is 0.449 e. The zero-order chi connectivity index (χ0) is 19.2. The molecule has 3 rings (SSSR count). The minimum absolute atomic E-state index is 0.127. The summed E-state index contributed by atoms with van der Waals surface area (Å²) >= 11 is 0. The van der Waals surface area contributed by atoms with Crippen LogP contribution in [-0.2, 0) is 4.74 Å². The molecule has 7 heteroatoms. The number of carbonyl (C=O) groups excluding carboxylic acids is 1. The first-order valence-electron chi connectivity index (χ1n) is 9.38. The second-order valence-corrected chi connectivity index (χ2v) is 7.25. The van der Waals surface area contributed by atoms with Crippen LogP contribution in [0.25, 0.3) is 11.3 Å². The van der Waals surface area contributed by atoms with Gasteiger partial charge in [-0.3, -0.25) is 4.98 Å². The molecule has 1 fully saturated rings. The Balaban J connectivity index is 1.58. The Labute approximate surface area is 161 Å². The van der Waals surface area contributed by atoms with E-state index in [0.29, 0.717) is 18.0 Å². The molecule has 0 spiro atoms. The van der Waals surface area contributed by atoms with Crippen molar-refractivity contribution in [1.82, 2.24) is 15.3 Å². The number of ether oxygens (including phenoxy) is 1. The number of benzene rings is 1. The van der Waals surface area contributed by atoms with Crippen LogP contribution in [0.3, 0.4) is 0 Å². The van der Waals surface area contributed by atoms with E-state index in [1.807, 2.05) is 38.1 Å². The minimum Gasteiger partial charge on any atom is -0.449 e. The highest BCUT2D eigenvalue weighted by Gasteiger charge is 2.22. The molecule has 1 aromatic carbocycles. The highest BCUT2D eigenvalue weighted by molar-refractivity contribution is 6.35. The van der Waals surface area contributed by atoms with E-state index >= 15 is 0 Å². The van der Waals surface area contributed by atoms with Crippen molar-refractivity contribution in [2.45, 2.75) is 32.7 Å². The topological polar surface area (TPSA) is 67.4 Å². The summed E-state index contributed by atoms with van der Waals surface area (Å²) in [4.78, 5) is 23.1. The number of rotatable bonds is 5. The zero-order valence-electron chi connectivity index (χ0n) is 15.9. The molecule has 1 saturated heterocycles. The first-order valence-corrected chi connectivity index (χ1v) is 9.38. The SMILES string of the molecule is [B]c1ccccc1-c1cncc(N2CCC(NC(=O)OCC(C)C)CC2)n1. The molecule has 0 unspecified atom stereocenters. The summed E-state index contributed by atoms with van der Waals surface area (Å²) in [5, 5.41) is 2.95. The normalized spacial score (nSPS) is 15.0. The summed E-state index contributed by atoms with van der Waals surface area (Å²) in [7, 11) is 6.06. The Bertz CT molecular complexity index is 776. The molecule has 2 radical (unpaired) electrons. The Morgan fingerprint density at radius 3 is 2.74 bits per heavy atom. The molecule has 0 atom stereocenters. The first kappa shape index (κ1) is 19.2. The van der Waals surface area contributed by atoms with E-state index in [1.165, 1.54) is 0 Å². The third kappa shape index (κ3) is 5.22. The number of hydrogen-bond donors (Lipinski definition) is 1. The lowest BCUT2D eigenvalue weighted by atomic mass is 9.89. The van der Waals surface area contributed by atoms with E-state index in [4.69, 9.17) is 17.6 Å². The van der Waals surface area contributed by atoms with Crippen LogP contribution >= 0.6 is 0 Å². The van der Waals surface area contributed by atoms with Crippen LogP contribution in [0.4, 0.5) is 10.6 Å². The maximum Gasteiger partial charge on any atom is 0.407 e. The Morgan fingerprint density at radius 2 is 2.04 bits per heavy atom. The fourth-order valence-electron chi connectivity index (χ4n) is 3.07. The van der Waals surface area contributed by atoms with Gasteiger partial charge >= 0.3 is 6.09 Å². The number of nitrogens with one attached hydrogen (secondary N) is 1. The molecule has 140 valence electrons. The zero-order valence-corrected chi connectivity index (χ0v) is 15.9. The van der Waals surface area contributed by atoms with Crippen molar-refractivity contribution in [3.05, 3.63) is 36.7 Å². The van der Waals surface area contributed by atoms with Gasteiger partial charge in [-0.25, -0.2) is 9.78 Å². The molecule has 1 aromatic heterocycles. The van der Waals surface area contributed by atoms with Gasteiger partial charge in [0.15, 0.2) is 0 Å². The van der Waals surface area contributed by atoms with Crippen molar-refractivity contribution in [2.75, 3.05) is 24.6 Å². The van der Waals surface area contributed by atoms with Crippen LogP contribution in [0.2, 0.25) is 0 Å². The molecule has 27 heavy (non-hydrogen) atoms. The van der Waals surface area contributed by atoms with E-state index in [2.05, 4.69) is 15.2 Å². The molecule has 6 nitrogen and oxygen atoms in total. The van der Waals surface area contributed by atoms with E-state index in [0.717, 1.165) is 43.0 Å². The van der Waals surface area contributed by atoms with E-state index in [-0.39, 0.29) is 12.1 Å². The van der Waals surface area contributed by atoms with Crippen LogP contribution in [0, 0.1) is 5.92 Å². The highest BCUT2D eigenvalue weighted by atomic mass is 16.5. The maximum atomic E-state index is 11.8. The third-order valence-electron chi connectivity index (χ3n) is 4.55. The molecule has 2 aromatic rings. The van der Waals surface area contributed by atoms with Crippen molar-refractivity contribution in [1.29, 1.82) is 0 Å². The number of amides is 1. The van der Waals surface area contributed by atoms with Gasteiger partial charge in [0.1, 0.15) is 13.7 Å². The van der Waals surface area contributed by atoms with Gasteiger partial charge in [0.2, 0.25) is 0 Å². The van der Waals surface area contributed by atoms with Gasteiger partial charge in [0, 0.05) is 19.1 Å². The monoisotopic (exact) mass is 364 g/mol. The van der Waals surface area contributed by atoms with E-state index < -0.39 is 0 Å². The van der Waals surface area contributed by atoms with Crippen molar-refractivity contribution in [2.24, 2.45) is 5.92 Å². The molecule has 0 saturated carbocycles. The molecular weight excluding hydrogens is 339 g/mol. The van der Waals surface area contributed by atoms with Gasteiger partial charge in [0.25, 0.3) is 0 Å². The summed E-state index contributed by atoms with van der Waals surface area (Å²) in [6.07, 6.45) is 4.86. The Morgan fingerprint density at radius 1 is 1.30 bits per heavy atom. The molecule has 1 aliphatic heterocycles. The predicted molar refractivity (Wildman–Crippen MR) is 107 cm³/mol. The van der Waals surface area contributed by atoms with Gasteiger partial charge in [-0.15, -0.1) is 0 Å². The second kappa shape index (κ2) is 8.89. The first-order chi connectivity index (χ1) is 13.0. The summed E-state index contributed by atoms with van der Waals surface area (Å²) in [6.45, 7) is 6.08. The van der Waals surface area contributed by atoms with Gasteiger partial charge in [-0.05, 0) is 24.3 Å². The molecule has 0 aliphatic carbocycles. The average molecular weight is 364 g/mol. The van der Waals surface area contributed by atoms with Crippen LogP contribution in [0.15, 0.2) is 36.7 Å². The van der Waals surface area contributed by atoms with Crippen molar-refractivity contribution in [3.8, 4) is 11.3 Å². The fourth-order valence-corrected chi connectivity index (χ4v) is 3.07. The summed E-state index contributed by atoms with van der Waals surface area (Å²) in [5.41, 5.74) is 2.34. The number of anilines is 1. The minimum atomic E-state index is -0.330. The lowest BCUT2D eigenvalue weighted by Gasteiger charge is -2.33. The smallest absolute Gasteiger partial charge is 0.407 e. The highest BCUT2D eigenvalue weighted by Crippen LogP contribution is 2.21. The lowest BCUT2D eigenvalue weighted by molar-refractivity contribution is 0.128. The van der Waals surface area contributed by atoms with E-state index in [1.54, 1.807) is 12.4 Å². The Hall–Kier alpha value is -2.57. The van der Waals surface area contributed by atoms with Crippen molar-refractivity contribution in [3.63, 3.8) is 0 Å². The molecule has 0 bridgehead atoms. The predicted octanol–water partition coefficient (Wildman–Crippen LogP) is 2.29. The number of nitrogens with zero attached hydrogens (tertiary/aromatic N) is 3. The van der Waals surface area contributed by atoms with E-state index in [9.17, 15) is 4.79 Å². The van der Waals surface area contributed by atoms with Crippen molar-refractivity contribution >= 4 is 25.2 Å². The molecular formula is C20H25BN4O2. The van der Waals surface area contributed by atoms with Crippen LogP contribution in [0.5, 0.6) is 0 Å². The number of carbonyl (C=O) groups is 1. The average Bonchev–Trinajstić information content (AvgIpc) is 2.67. The van der Waals surface area contributed by atoms with Crippen LogP contribution in [0.1, 0.15) is 26.7 Å². The summed E-state index contributed by atoms with van der Waals surface area (Å²) in [6, 6.07) is 7.78. The summed E-state index contributed by atoms with van der Waals surface area (Å²) in [5.74, 6) is 1.17. The summed E-state index contributed by atoms with van der Waals surface area (Å²) < 4.78 is 5.20. The third-order valence-corrected chi connectivity index (χ3v) is 4.55. The number of alkyl carbamates (subject to hydrolysis) is 1. The number of aromatic nitrogens is 2. The van der Waals surface area contributed by atoms with Gasteiger partial charge in [-0.2, -0.15) is 0 Å². The molecule has 2 heterocycles. The van der Waals surface area contributed by atoms with Crippen molar-refractivity contribution < 1.29 is 9.53 Å². The number of hydrogen-bond acceptors (Lipinski definition) is 5. The van der Waals surface area contributed by atoms with Crippen LogP contribution < -0.4 is 15.7 Å². The number of piperidine rings is 1.